The van der Waals surface area contributed by atoms with E-state index in [4.69, 9.17) is 5.73 Å². The third kappa shape index (κ3) is 2.82. The van der Waals surface area contributed by atoms with Crippen LogP contribution in [-0.2, 0) is 0 Å². The molecule has 2 nitrogen and oxygen atoms in total. The van der Waals surface area contributed by atoms with Gasteiger partial charge in [0.25, 0.3) is 6.43 Å². The van der Waals surface area contributed by atoms with Gasteiger partial charge in [-0.25, -0.2) is 8.78 Å². The Morgan fingerprint density at radius 1 is 0.957 bits per heavy atom. The van der Waals surface area contributed by atoms with Crippen LogP contribution in [-0.4, -0.2) is 4.57 Å². The number of nitrogen functional groups attached to an aromatic ring is 1. The number of rotatable bonds is 3. The van der Waals surface area contributed by atoms with Crippen LogP contribution < -0.4 is 5.73 Å². The smallest absolute Gasteiger partial charge is 0.266 e. The molecule has 0 aliphatic rings. The molecule has 0 fully saturated rings. The van der Waals surface area contributed by atoms with Crippen LogP contribution in [0.5, 0.6) is 0 Å². The highest BCUT2D eigenvalue weighted by Crippen LogP contribution is 2.36. The van der Waals surface area contributed by atoms with Crippen molar-refractivity contribution < 1.29 is 13.2 Å². The van der Waals surface area contributed by atoms with Crippen LogP contribution in [0.3, 0.4) is 0 Å². The molecule has 0 bridgehead atoms. The summed E-state index contributed by atoms with van der Waals surface area (Å²) < 4.78 is 42.7. The first-order chi connectivity index (χ1) is 11.0. The standard InChI is InChI=1S/C18H15F3N2/c1-11-2-4-12(5-3-11)16-15(17(19)20)10-23(18(16)21)14-8-6-13(22)7-9-14/h2-10,17H,22H2,1H3. The monoisotopic (exact) mass is 316 g/mol. The number of anilines is 1. The number of hydrogen-bond acceptors (Lipinski definition) is 1. The molecule has 0 amide bonds. The quantitative estimate of drug-likeness (QED) is 0.669. The number of hydrogen-bond donors (Lipinski definition) is 1. The summed E-state index contributed by atoms with van der Waals surface area (Å²) >= 11 is 0. The summed E-state index contributed by atoms with van der Waals surface area (Å²) in [6.07, 6.45) is -1.63. The first-order valence-electron chi connectivity index (χ1n) is 7.09. The van der Waals surface area contributed by atoms with E-state index in [0.717, 1.165) is 16.3 Å². The van der Waals surface area contributed by atoms with Gasteiger partial charge in [0.15, 0.2) is 0 Å². The van der Waals surface area contributed by atoms with E-state index in [1.807, 2.05) is 6.92 Å². The van der Waals surface area contributed by atoms with Crippen LogP contribution in [0.2, 0.25) is 0 Å². The van der Waals surface area contributed by atoms with E-state index in [2.05, 4.69) is 0 Å². The van der Waals surface area contributed by atoms with Gasteiger partial charge < -0.3 is 5.73 Å². The third-order valence-corrected chi connectivity index (χ3v) is 3.72. The Morgan fingerprint density at radius 3 is 2.13 bits per heavy atom. The Labute approximate surface area is 132 Å². The Hall–Kier alpha value is -2.69. The summed E-state index contributed by atoms with van der Waals surface area (Å²) in [6.45, 7) is 1.88. The Bertz CT molecular complexity index is 819. The van der Waals surface area contributed by atoms with Gasteiger partial charge in [0.1, 0.15) is 0 Å². The summed E-state index contributed by atoms with van der Waals surface area (Å²) in [7, 11) is 0. The van der Waals surface area contributed by atoms with Gasteiger partial charge in [-0.05, 0) is 36.8 Å². The molecule has 5 heteroatoms. The highest BCUT2D eigenvalue weighted by atomic mass is 19.3. The molecule has 0 aliphatic carbocycles. The number of benzene rings is 2. The van der Waals surface area contributed by atoms with Crippen molar-refractivity contribution in [1.29, 1.82) is 0 Å². The second-order valence-electron chi connectivity index (χ2n) is 5.38. The van der Waals surface area contributed by atoms with E-state index in [1.54, 1.807) is 48.5 Å². The van der Waals surface area contributed by atoms with Crippen LogP contribution >= 0.6 is 0 Å². The fraction of sp³-hybridized carbons (Fsp3) is 0.111. The van der Waals surface area contributed by atoms with Gasteiger partial charge in [-0.15, -0.1) is 0 Å². The average Bonchev–Trinajstić information content (AvgIpc) is 2.87. The summed E-state index contributed by atoms with van der Waals surface area (Å²) in [4.78, 5) is 0. The van der Waals surface area contributed by atoms with Crippen LogP contribution in [0.4, 0.5) is 18.9 Å². The van der Waals surface area contributed by atoms with Crippen molar-refractivity contribution in [2.75, 3.05) is 5.73 Å². The highest BCUT2D eigenvalue weighted by Gasteiger charge is 2.24. The fourth-order valence-corrected chi connectivity index (χ4v) is 2.49. The normalized spacial score (nSPS) is 11.2. The lowest BCUT2D eigenvalue weighted by atomic mass is 10.0. The van der Waals surface area contributed by atoms with Crippen molar-refractivity contribution in [3.63, 3.8) is 0 Å². The molecule has 3 rings (SSSR count). The van der Waals surface area contributed by atoms with Gasteiger partial charge in [-0.2, -0.15) is 4.39 Å². The van der Waals surface area contributed by atoms with E-state index in [-0.39, 0.29) is 11.1 Å². The molecule has 1 heterocycles. The van der Waals surface area contributed by atoms with Crippen molar-refractivity contribution in [3.8, 4) is 16.8 Å². The number of nitrogens with zero attached hydrogens (tertiary/aromatic N) is 1. The molecule has 0 saturated heterocycles. The van der Waals surface area contributed by atoms with E-state index in [0.29, 0.717) is 16.9 Å². The molecule has 3 aromatic rings. The molecule has 118 valence electrons. The molecular weight excluding hydrogens is 301 g/mol. The zero-order valence-corrected chi connectivity index (χ0v) is 12.4. The van der Waals surface area contributed by atoms with Crippen LogP contribution in [0.1, 0.15) is 17.6 Å². The van der Waals surface area contributed by atoms with E-state index < -0.39 is 12.4 Å². The van der Waals surface area contributed by atoms with Gasteiger partial charge >= 0.3 is 0 Å². The van der Waals surface area contributed by atoms with Gasteiger partial charge in [0, 0.05) is 28.7 Å². The maximum absolute atomic E-state index is 14.8. The lowest BCUT2D eigenvalue weighted by Crippen LogP contribution is -1.96. The largest absolute Gasteiger partial charge is 0.399 e. The molecule has 2 N–H and O–H groups in total. The summed E-state index contributed by atoms with van der Waals surface area (Å²) in [5.74, 6) is -0.714. The van der Waals surface area contributed by atoms with Crippen molar-refractivity contribution in [1.82, 2.24) is 4.57 Å². The SMILES string of the molecule is Cc1ccc(-c2c(C(F)F)cn(-c3ccc(N)cc3)c2F)cc1. The number of alkyl halides is 2. The van der Waals surface area contributed by atoms with Crippen molar-refractivity contribution >= 4 is 5.69 Å². The molecule has 0 saturated carbocycles. The van der Waals surface area contributed by atoms with Crippen molar-refractivity contribution in [2.24, 2.45) is 0 Å². The molecule has 0 atom stereocenters. The minimum absolute atomic E-state index is 0.0724. The number of nitrogens with two attached hydrogens (primary N) is 1. The summed E-state index contributed by atoms with van der Waals surface area (Å²) in [6, 6.07) is 13.2. The van der Waals surface area contributed by atoms with Crippen LogP contribution in [0.25, 0.3) is 16.8 Å². The summed E-state index contributed by atoms with van der Waals surface area (Å²) in [5.41, 5.74) is 7.58. The first-order valence-corrected chi connectivity index (χ1v) is 7.09. The van der Waals surface area contributed by atoms with E-state index >= 15 is 0 Å². The molecule has 0 spiro atoms. The minimum Gasteiger partial charge on any atom is -0.399 e. The topological polar surface area (TPSA) is 30.9 Å². The predicted molar refractivity (Wildman–Crippen MR) is 85.3 cm³/mol. The zero-order chi connectivity index (χ0) is 16.6. The van der Waals surface area contributed by atoms with Gasteiger partial charge in [-0.1, -0.05) is 29.8 Å². The molecule has 0 aliphatic heterocycles. The van der Waals surface area contributed by atoms with Crippen LogP contribution in [0.15, 0.2) is 54.7 Å². The van der Waals surface area contributed by atoms with E-state index in [1.165, 1.54) is 0 Å². The average molecular weight is 316 g/mol. The molecule has 0 unspecified atom stereocenters. The summed E-state index contributed by atoms with van der Waals surface area (Å²) in [5, 5.41) is 0. The van der Waals surface area contributed by atoms with Crippen LogP contribution in [0, 0.1) is 12.9 Å². The second-order valence-corrected chi connectivity index (χ2v) is 5.38. The highest BCUT2D eigenvalue weighted by molar-refractivity contribution is 5.69. The molecule has 23 heavy (non-hydrogen) atoms. The number of aryl methyl sites for hydroxylation is 1. The lowest BCUT2D eigenvalue weighted by molar-refractivity contribution is 0.152. The zero-order valence-electron chi connectivity index (χ0n) is 12.4. The lowest BCUT2D eigenvalue weighted by Gasteiger charge is -2.06. The maximum atomic E-state index is 14.8. The third-order valence-electron chi connectivity index (χ3n) is 3.72. The number of aromatic nitrogens is 1. The predicted octanol–water partition coefficient (Wildman–Crippen LogP) is 5.11. The van der Waals surface area contributed by atoms with Crippen molar-refractivity contribution in [3.05, 3.63) is 71.8 Å². The Kier molecular flexibility index (Phi) is 3.86. The van der Waals surface area contributed by atoms with Crippen molar-refractivity contribution in [2.45, 2.75) is 13.3 Å². The Balaban J connectivity index is 2.19. The van der Waals surface area contributed by atoms with Gasteiger partial charge in [0.2, 0.25) is 5.95 Å². The first kappa shape index (κ1) is 15.2. The molecule has 2 aromatic carbocycles. The molecular formula is C18H15F3N2. The molecule has 1 aromatic heterocycles. The maximum Gasteiger partial charge on any atom is 0.266 e. The fourth-order valence-electron chi connectivity index (χ4n) is 2.49. The minimum atomic E-state index is -2.77. The van der Waals surface area contributed by atoms with E-state index in [9.17, 15) is 13.2 Å². The Morgan fingerprint density at radius 2 is 1.57 bits per heavy atom. The number of halogens is 3. The van der Waals surface area contributed by atoms with Gasteiger partial charge in [-0.3, -0.25) is 4.57 Å². The van der Waals surface area contributed by atoms with Gasteiger partial charge in [0.05, 0.1) is 0 Å². The second kappa shape index (κ2) is 5.83. The molecule has 0 radical (unpaired) electrons.